The Kier molecular flexibility index (Phi) is 6.27. The lowest BCUT2D eigenvalue weighted by Crippen LogP contribution is -2.31. The summed E-state index contributed by atoms with van der Waals surface area (Å²) >= 11 is 1.09. The summed E-state index contributed by atoms with van der Waals surface area (Å²) in [5, 5.41) is 12.7. The van der Waals surface area contributed by atoms with E-state index in [4.69, 9.17) is 4.74 Å². The molecule has 1 N–H and O–H groups in total. The van der Waals surface area contributed by atoms with Crippen LogP contribution in [0.1, 0.15) is 24.8 Å². The first-order chi connectivity index (χ1) is 11.6. The number of esters is 1. The molecule has 1 aromatic rings. The second-order valence-electron chi connectivity index (χ2n) is 5.00. The normalized spacial score (nSPS) is 17.0. The third-order valence-corrected chi connectivity index (χ3v) is 4.50. The molecule has 0 bridgehead atoms. The predicted molar refractivity (Wildman–Crippen MR) is 90.2 cm³/mol. The van der Waals surface area contributed by atoms with Gasteiger partial charge in [0.1, 0.15) is 5.75 Å². The van der Waals surface area contributed by atoms with Crippen LogP contribution in [0.3, 0.4) is 0 Å². The van der Waals surface area contributed by atoms with E-state index in [1.165, 1.54) is 7.11 Å². The van der Waals surface area contributed by atoms with Crippen molar-refractivity contribution in [3.63, 3.8) is 0 Å². The van der Waals surface area contributed by atoms with E-state index >= 15 is 0 Å². The van der Waals surface area contributed by atoms with Gasteiger partial charge in [0.05, 0.1) is 36.1 Å². The van der Waals surface area contributed by atoms with Crippen LogP contribution in [0.2, 0.25) is 0 Å². The fourth-order valence-corrected chi connectivity index (χ4v) is 3.35. The largest absolute Gasteiger partial charge is 0.494 e. The van der Waals surface area contributed by atoms with Crippen molar-refractivity contribution in [2.75, 3.05) is 19.5 Å². The fourth-order valence-electron chi connectivity index (χ4n) is 2.44. The summed E-state index contributed by atoms with van der Waals surface area (Å²) in [6.07, 6.45) is 0.162. The lowest BCUT2D eigenvalue weighted by molar-refractivity contribution is -0.137. The molecule has 0 aliphatic carbocycles. The van der Waals surface area contributed by atoms with E-state index in [0.717, 1.165) is 17.3 Å². The molecule has 6 nitrogen and oxygen atoms in total. The molecule has 1 heterocycles. The van der Waals surface area contributed by atoms with Crippen molar-refractivity contribution in [1.29, 1.82) is 5.26 Å². The van der Waals surface area contributed by atoms with Gasteiger partial charge in [0.2, 0.25) is 5.91 Å². The molecule has 0 unspecified atom stereocenters. The van der Waals surface area contributed by atoms with Gasteiger partial charge in [0.15, 0.2) is 0 Å². The average Bonchev–Trinajstić information content (AvgIpc) is 2.59. The molecule has 1 atom stereocenters. The number of nitrogens with zero attached hydrogens (tertiary/aromatic N) is 1. The maximum absolute atomic E-state index is 12.1. The quantitative estimate of drug-likeness (QED) is 0.795. The SMILES string of the molecule is CCOc1ccccc1[C@H]1CC(=O)NC(SCC(=O)OC)=C1C#N. The van der Waals surface area contributed by atoms with Gasteiger partial charge in [0.25, 0.3) is 0 Å². The fraction of sp³-hybridized carbons (Fsp3) is 0.353. The lowest BCUT2D eigenvalue weighted by atomic mass is 9.86. The molecular formula is C17H18N2O4S. The Morgan fingerprint density at radius 3 is 2.88 bits per heavy atom. The minimum absolute atomic E-state index is 0.0249. The first-order valence-corrected chi connectivity index (χ1v) is 8.44. The van der Waals surface area contributed by atoms with Crippen molar-refractivity contribution in [2.45, 2.75) is 19.3 Å². The molecule has 1 aliphatic rings. The molecule has 1 aromatic carbocycles. The van der Waals surface area contributed by atoms with Crippen LogP contribution in [0.25, 0.3) is 0 Å². The number of carbonyl (C=O) groups is 2. The summed E-state index contributed by atoms with van der Waals surface area (Å²) in [6.45, 7) is 2.37. The zero-order valence-electron chi connectivity index (χ0n) is 13.5. The molecule has 7 heteroatoms. The summed E-state index contributed by atoms with van der Waals surface area (Å²) in [6, 6.07) is 9.54. The Balaban J connectivity index is 2.39. The van der Waals surface area contributed by atoms with Crippen molar-refractivity contribution in [1.82, 2.24) is 5.32 Å². The molecule has 0 fully saturated rings. The second-order valence-corrected chi connectivity index (χ2v) is 5.98. The second kappa shape index (κ2) is 8.41. The van der Waals surface area contributed by atoms with Crippen LogP contribution in [0.15, 0.2) is 34.9 Å². The number of nitriles is 1. The first kappa shape index (κ1) is 17.9. The molecule has 0 saturated carbocycles. The van der Waals surface area contributed by atoms with Crippen molar-refractivity contribution in [3.8, 4) is 11.8 Å². The molecule has 0 radical (unpaired) electrons. The molecular weight excluding hydrogens is 328 g/mol. The Labute approximate surface area is 144 Å². The van der Waals surface area contributed by atoms with Crippen molar-refractivity contribution < 1.29 is 19.1 Å². The van der Waals surface area contributed by atoms with Crippen molar-refractivity contribution >= 4 is 23.6 Å². The topological polar surface area (TPSA) is 88.4 Å². The highest BCUT2D eigenvalue weighted by atomic mass is 32.2. The highest BCUT2D eigenvalue weighted by Crippen LogP contribution is 2.39. The molecule has 24 heavy (non-hydrogen) atoms. The number of amides is 1. The first-order valence-electron chi connectivity index (χ1n) is 7.46. The number of allylic oxidation sites excluding steroid dienone is 1. The highest BCUT2D eigenvalue weighted by Gasteiger charge is 2.31. The summed E-state index contributed by atoms with van der Waals surface area (Å²) in [7, 11) is 1.29. The number of rotatable bonds is 6. The maximum Gasteiger partial charge on any atom is 0.316 e. The Hall–Kier alpha value is -2.46. The number of methoxy groups -OCH3 is 1. The van der Waals surface area contributed by atoms with Crippen LogP contribution in [-0.4, -0.2) is 31.3 Å². The number of benzene rings is 1. The zero-order valence-corrected chi connectivity index (χ0v) is 14.3. The minimum atomic E-state index is -0.420. The van der Waals surface area contributed by atoms with Gasteiger partial charge in [-0.2, -0.15) is 5.26 Å². The number of hydrogen-bond acceptors (Lipinski definition) is 6. The van der Waals surface area contributed by atoms with E-state index < -0.39 is 11.9 Å². The van der Waals surface area contributed by atoms with E-state index in [1.54, 1.807) is 0 Å². The van der Waals surface area contributed by atoms with Crippen LogP contribution >= 0.6 is 11.8 Å². The predicted octanol–water partition coefficient (Wildman–Crippen LogP) is 2.33. The van der Waals surface area contributed by atoms with E-state index in [-0.39, 0.29) is 18.1 Å². The van der Waals surface area contributed by atoms with Crippen LogP contribution in [0.5, 0.6) is 5.75 Å². The number of thioether (sulfide) groups is 1. The summed E-state index contributed by atoms with van der Waals surface area (Å²) in [5.74, 6) is -0.332. The number of para-hydroxylation sites is 1. The molecule has 0 spiro atoms. The summed E-state index contributed by atoms with van der Waals surface area (Å²) in [4.78, 5) is 23.4. The third-order valence-electron chi connectivity index (χ3n) is 3.51. The molecule has 0 saturated heterocycles. The van der Waals surface area contributed by atoms with Crippen LogP contribution in [-0.2, 0) is 14.3 Å². The van der Waals surface area contributed by atoms with Gasteiger partial charge in [-0.1, -0.05) is 30.0 Å². The van der Waals surface area contributed by atoms with E-state index in [1.807, 2.05) is 31.2 Å². The van der Waals surface area contributed by atoms with Gasteiger partial charge < -0.3 is 14.8 Å². The molecule has 126 valence electrons. The molecule has 2 rings (SSSR count). The van der Waals surface area contributed by atoms with Gasteiger partial charge in [-0.3, -0.25) is 9.59 Å². The number of carbonyl (C=O) groups excluding carboxylic acids is 2. The monoisotopic (exact) mass is 346 g/mol. The van der Waals surface area contributed by atoms with E-state index in [2.05, 4.69) is 16.1 Å². The van der Waals surface area contributed by atoms with Gasteiger partial charge in [0, 0.05) is 17.9 Å². The van der Waals surface area contributed by atoms with Crippen LogP contribution in [0.4, 0.5) is 0 Å². The number of ether oxygens (including phenoxy) is 2. The van der Waals surface area contributed by atoms with Crippen LogP contribution in [0, 0.1) is 11.3 Å². The number of nitrogens with one attached hydrogen (secondary N) is 1. The van der Waals surface area contributed by atoms with E-state index in [0.29, 0.717) is 23.0 Å². The van der Waals surface area contributed by atoms with Crippen LogP contribution < -0.4 is 10.1 Å². The van der Waals surface area contributed by atoms with Gasteiger partial charge in [-0.15, -0.1) is 0 Å². The standard InChI is InChI=1S/C17H18N2O4S/c1-3-23-14-7-5-4-6-11(14)12-8-15(20)19-17(13(12)9-18)24-10-16(21)22-2/h4-7,12H,3,8,10H2,1-2H3,(H,19,20)/t12-/m1/s1. The average molecular weight is 346 g/mol. The van der Waals surface area contributed by atoms with Crippen molar-refractivity contribution in [2.24, 2.45) is 0 Å². The third kappa shape index (κ3) is 4.09. The van der Waals surface area contributed by atoms with Gasteiger partial charge in [-0.25, -0.2) is 0 Å². The smallest absolute Gasteiger partial charge is 0.316 e. The highest BCUT2D eigenvalue weighted by molar-refractivity contribution is 8.03. The molecule has 0 aromatic heterocycles. The van der Waals surface area contributed by atoms with E-state index in [9.17, 15) is 14.9 Å². The number of hydrogen-bond donors (Lipinski definition) is 1. The Bertz CT molecular complexity index is 709. The summed E-state index contributed by atoms with van der Waals surface area (Å²) < 4.78 is 10.2. The molecule has 1 aliphatic heterocycles. The summed E-state index contributed by atoms with van der Waals surface area (Å²) in [5.41, 5.74) is 1.22. The van der Waals surface area contributed by atoms with Gasteiger partial charge in [-0.05, 0) is 13.0 Å². The Morgan fingerprint density at radius 1 is 1.46 bits per heavy atom. The van der Waals surface area contributed by atoms with Gasteiger partial charge >= 0.3 is 5.97 Å². The maximum atomic E-state index is 12.1. The Morgan fingerprint density at radius 2 is 2.21 bits per heavy atom. The molecule has 1 amide bonds. The van der Waals surface area contributed by atoms with Crippen molar-refractivity contribution in [3.05, 3.63) is 40.4 Å². The lowest BCUT2D eigenvalue weighted by Gasteiger charge is -2.26. The minimum Gasteiger partial charge on any atom is -0.494 e. The zero-order chi connectivity index (χ0) is 17.5.